The maximum Gasteiger partial charge on any atom is 0.272 e. The van der Waals surface area contributed by atoms with Gasteiger partial charge < -0.3 is 14.5 Å². The summed E-state index contributed by atoms with van der Waals surface area (Å²) in [5.74, 6) is -0.000857. The molecule has 22 heavy (non-hydrogen) atoms. The Hall–Kier alpha value is -1.95. The van der Waals surface area contributed by atoms with E-state index in [4.69, 9.17) is 4.74 Å². The van der Waals surface area contributed by atoms with Crippen molar-refractivity contribution in [2.75, 3.05) is 32.8 Å². The zero-order chi connectivity index (χ0) is 15.6. The molecule has 2 aliphatic rings. The van der Waals surface area contributed by atoms with Crippen LogP contribution in [0.1, 0.15) is 30.3 Å². The second-order valence-electron chi connectivity index (χ2n) is 6.02. The van der Waals surface area contributed by atoms with Gasteiger partial charge in [0, 0.05) is 26.2 Å². The Morgan fingerprint density at radius 1 is 1.23 bits per heavy atom. The predicted octanol–water partition coefficient (Wildman–Crippen LogP) is 0.935. The molecule has 0 saturated carbocycles. The highest BCUT2D eigenvalue weighted by atomic mass is 16.5. The van der Waals surface area contributed by atoms with Gasteiger partial charge in [0.1, 0.15) is 11.3 Å². The van der Waals surface area contributed by atoms with Crippen LogP contribution >= 0.6 is 0 Å². The summed E-state index contributed by atoms with van der Waals surface area (Å²) in [6.07, 6.45) is 3.38. The van der Waals surface area contributed by atoms with Gasteiger partial charge in [-0.3, -0.25) is 14.6 Å². The number of likely N-dealkylation sites (tertiary alicyclic amines) is 1. The van der Waals surface area contributed by atoms with Gasteiger partial charge in [0.05, 0.1) is 19.7 Å². The van der Waals surface area contributed by atoms with Crippen molar-refractivity contribution in [3.05, 3.63) is 30.1 Å². The van der Waals surface area contributed by atoms with Crippen molar-refractivity contribution >= 4 is 11.8 Å². The van der Waals surface area contributed by atoms with Crippen LogP contribution in [0.5, 0.6) is 0 Å². The number of carbonyl (C=O) groups excluding carboxylic acids is 2. The van der Waals surface area contributed by atoms with Gasteiger partial charge in [-0.25, -0.2) is 0 Å². The molecule has 1 aromatic heterocycles. The van der Waals surface area contributed by atoms with Crippen molar-refractivity contribution in [2.45, 2.75) is 25.4 Å². The summed E-state index contributed by atoms with van der Waals surface area (Å²) in [6.45, 7) is 4.54. The lowest BCUT2D eigenvalue weighted by molar-refractivity contribution is -0.157. The van der Waals surface area contributed by atoms with E-state index in [1.165, 1.54) is 0 Å². The smallest absolute Gasteiger partial charge is 0.272 e. The first kappa shape index (κ1) is 15.0. The number of ether oxygens (including phenoxy) is 1. The molecular formula is C16H21N3O3. The zero-order valence-corrected chi connectivity index (χ0v) is 12.8. The van der Waals surface area contributed by atoms with Gasteiger partial charge in [-0.15, -0.1) is 0 Å². The minimum absolute atomic E-state index is 0.0656. The fourth-order valence-corrected chi connectivity index (χ4v) is 3.28. The van der Waals surface area contributed by atoms with Crippen molar-refractivity contribution in [2.24, 2.45) is 0 Å². The largest absolute Gasteiger partial charge is 0.369 e. The summed E-state index contributed by atoms with van der Waals surface area (Å²) >= 11 is 0. The number of nitrogens with zero attached hydrogens (tertiary/aromatic N) is 3. The van der Waals surface area contributed by atoms with E-state index in [0.717, 1.165) is 12.8 Å². The molecular weight excluding hydrogens is 282 g/mol. The third-order valence-electron chi connectivity index (χ3n) is 4.40. The molecule has 3 heterocycles. The molecule has 0 radical (unpaired) electrons. The topological polar surface area (TPSA) is 62.7 Å². The van der Waals surface area contributed by atoms with Crippen LogP contribution in [0.4, 0.5) is 0 Å². The molecule has 118 valence electrons. The number of aromatic nitrogens is 1. The lowest BCUT2D eigenvalue weighted by atomic mass is 9.90. The number of carbonyl (C=O) groups is 2. The van der Waals surface area contributed by atoms with Crippen LogP contribution in [0.3, 0.4) is 0 Å². The van der Waals surface area contributed by atoms with E-state index in [2.05, 4.69) is 4.98 Å². The number of rotatable bonds is 1. The van der Waals surface area contributed by atoms with E-state index < -0.39 is 5.60 Å². The van der Waals surface area contributed by atoms with Crippen LogP contribution in [0.15, 0.2) is 24.4 Å². The van der Waals surface area contributed by atoms with Crippen LogP contribution in [-0.4, -0.2) is 65.0 Å². The summed E-state index contributed by atoms with van der Waals surface area (Å²) in [6, 6.07) is 5.34. The van der Waals surface area contributed by atoms with Crippen LogP contribution in [0, 0.1) is 0 Å². The van der Waals surface area contributed by atoms with Crippen molar-refractivity contribution < 1.29 is 14.3 Å². The second kappa shape index (κ2) is 6.04. The Balaban J connectivity index is 1.74. The normalized spacial score (nSPS) is 25.3. The molecule has 0 aromatic carbocycles. The van der Waals surface area contributed by atoms with Gasteiger partial charge in [-0.1, -0.05) is 6.07 Å². The van der Waals surface area contributed by atoms with Gasteiger partial charge in [-0.2, -0.15) is 0 Å². The minimum Gasteiger partial charge on any atom is -0.369 e. The van der Waals surface area contributed by atoms with Gasteiger partial charge in [-0.05, 0) is 25.0 Å². The third kappa shape index (κ3) is 2.97. The highest BCUT2D eigenvalue weighted by Crippen LogP contribution is 2.29. The molecule has 6 heteroatoms. The molecule has 1 spiro atoms. The zero-order valence-electron chi connectivity index (χ0n) is 12.8. The first-order valence-corrected chi connectivity index (χ1v) is 7.69. The molecule has 1 aromatic rings. The monoisotopic (exact) mass is 303 g/mol. The van der Waals surface area contributed by atoms with Crippen LogP contribution in [0.25, 0.3) is 0 Å². The summed E-state index contributed by atoms with van der Waals surface area (Å²) in [4.78, 5) is 32.0. The van der Waals surface area contributed by atoms with Crippen LogP contribution < -0.4 is 0 Å². The molecule has 2 amide bonds. The Morgan fingerprint density at radius 2 is 2.05 bits per heavy atom. The SMILES string of the molecule is CC(=O)N1CCOC2(CCCN(C(=O)c3ccccn3)C2)C1. The third-order valence-corrected chi connectivity index (χ3v) is 4.40. The fraction of sp³-hybridized carbons (Fsp3) is 0.562. The molecule has 2 fully saturated rings. The van der Waals surface area contributed by atoms with E-state index in [1.54, 1.807) is 30.2 Å². The maximum absolute atomic E-state index is 12.6. The number of piperidine rings is 1. The second-order valence-corrected chi connectivity index (χ2v) is 6.02. The van der Waals surface area contributed by atoms with Crippen molar-refractivity contribution in [1.29, 1.82) is 0 Å². The number of pyridine rings is 1. The van der Waals surface area contributed by atoms with Gasteiger partial charge in [0.25, 0.3) is 5.91 Å². The molecule has 1 unspecified atom stereocenters. The summed E-state index contributed by atoms with van der Waals surface area (Å²) in [7, 11) is 0. The number of amides is 2. The molecule has 1 atom stereocenters. The van der Waals surface area contributed by atoms with Crippen molar-refractivity contribution in [3.63, 3.8) is 0 Å². The number of hydrogen-bond donors (Lipinski definition) is 0. The first-order chi connectivity index (χ1) is 10.6. The van der Waals surface area contributed by atoms with E-state index in [-0.39, 0.29) is 11.8 Å². The van der Waals surface area contributed by atoms with E-state index >= 15 is 0 Å². The molecule has 3 rings (SSSR count). The molecule has 0 aliphatic carbocycles. The van der Waals surface area contributed by atoms with E-state index in [0.29, 0.717) is 38.5 Å². The Labute approximate surface area is 130 Å². The summed E-state index contributed by atoms with van der Waals surface area (Å²) < 4.78 is 5.99. The fourth-order valence-electron chi connectivity index (χ4n) is 3.28. The molecule has 2 saturated heterocycles. The van der Waals surface area contributed by atoms with Gasteiger partial charge in [0.15, 0.2) is 0 Å². The van der Waals surface area contributed by atoms with Gasteiger partial charge in [0.2, 0.25) is 5.91 Å². The minimum atomic E-state index is -0.424. The summed E-state index contributed by atoms with van der Waals surface area (Å²) in [5, 5.41) is 0. The summed E-state index contributed by atoms with van der Waals surface area (Å²) in [5.41, 5.74) is 0.0332. The highest BCUT2D eigenvalue weighted by molar-refractivity contribution is 5.92. The quantitative estimate of drug-likeness (QED) is 0.774. The number of morpholine rings is 1. The first-order valence-electron chi connectivity index (χ1n) is 7.69. The standard InChI is InChI=1S/C16H21N3O3/c1-13(20)18-9-10-22-16(11-18)6-4-8-19(12-16)15(21)14-5-2-3-7-17-14/h2-3,5,7H,4,6,8-12H2,1H3. The average Bonchev–Trinajstić information content (AvgIpc) is 2.55. The molecule has 2 aliphatic heterocycles. The average molecular weight is 303 g/mol. The van der Waals surface area contributed by atoms with E-state index in [1.807, 2.05) is 11.0 Å². The Bertz CT molecular complexity index is 559. The Morgan fingerprint density at radius 3 is 2.77 bits per heavy atom. The van der Waals surface area contributed by atoms with Gasteiger partial charge >= 0.3 is 0 Å². The molecule has 0 bridgehead atoms. The highest BCUT2D eigenvalue weighted by Gasteiger charge is 2.42. The predicted molar refractivity (Wildman–Crippen MR) is 80.3 cm³/mol. The van der Waals surface area contributed by atoms with Crippen molar-refractivity contribution in [1.82, 2.24) is 14.8 Å². The lowest BCUT2D eigenvalue weighted by Crippen LogP contribution is -2.61. The van der Waals surface area contributed by atoms with Crippen molar-refractivity contribution in [3.8, 4) is 0 Å². The number of hydrogen-bond acceptors (Lipinski definition) is 4. The lowest BCUT2D eigenvalue weighted by Gasteiger charge is -2.47. The molecule has 6 nitrogen and oxygen atoms in total. The maximum atomic E-state index is 12.6. The van der Waals surface area contributed by atoms with Crippen LogP contribution in [-0.2, 0) is 9.53 Å². The van der Waals surface area contributed by atoms with E-state index in [9.17, 15) is 9.59 Å². The molecule has 0 N–H and O–H groups in total. The Kier molecular flexibility index (Phi) is 4.11. The van der Waals surface area contributed by atoms with Crippen LogP contribution in [0.2, 0.25) is 0 Å².